The fraction of sp³-hybridized carbons (Fsp3) is 0.476. The van der Waals surface area contributed by atoms with Gasteiger partial charge in [-0.3, -0.25) is 9.36 Å². The summed E-state index contributed by atoms with van der Waals surface area (Å²) in [6, 6.07) is 8.77. The number of aromatic nitrogens is 2. The molecule has 1 N–H and O–H groups in total. The van der Waals surface area contributed by atoms with E-state index in [-0.39, 0.29) is 5.56 Å². The fourth-order valence-corrected chi connectivity index (χ4v) is 2.94. The third-order valence-corrected chi connectivity index (χ3v) is 4.26. The van der Waals surface area contributed by atoms with E-state index in [1.807, 2.05) is 19.1 Å². The van der Waals surface area contributed by atoms with Crippen molar-refractivity contribution in [3.8, 4) is 5.75 Å². The zero-order valence-electron chi connectivity index (χ0n) is 16.7. The van der Waals surface area contributed by atoms with E-state index in [4.69, 9.17) is 14.6 Å². The Morgan fingerprint density at radius 2 is 1.96 bits per heavy atom. The Morgan fingerprint density at radius 1 is 1.25 bits per heavy atom. The van der Waals surface area contributed by atoms with E-state index in [9.17, 15) is 9.59 Å². The molecule has 0 aliphatic rings. The van der Waals surface area contributed by atoms with E-state index in [0.717, 1.165) is 29.9 Å². The smallest absolute Gasteiger partial charge is 0.333 e. The number of ether oxygens (including phenoxy) is 2. The van der Waals surface area contributed by atoms with Crippen LogP contribution in [0.2, 0.25) is 0 Å². The van der Waals surface area contributed by atoms with Gasteiger partial charge in [0.15, 0.2) is 6.10 Å². The predicted octanol–water partition coefficient (Wildman–Crippen LogP) is 2.62. The SMILES string of the molecule is CCCc1nc(C)cc(=O)n1CCOc1ccc(CC(OCC)C(=O)O)cc1. The van der Waals surface area contributed by atoms with E-state index in [1.165, 1.54) is 6.07 Å². The number of nitrogens with zero attached hydrogens (tertiary/aromatic N) is 2. The summed E-state index contributed by atoms with van der Waals surface area (Å²) in [4.78, 5) is 27.9. The third kappa shape index (κ3) is 6.20. The summed E-state index contributed by atoms with van der Waals surface area (Å²) in [5, 5.41) is 9.16. The summed E-state index contributed by atoms with van der Waals surface area (Å²) in [5.74, 6) is 0.474. The highest BCUT2D eigenvalue weighted by molar-refractivity contribution is 5.72. The second-order valence-electron chi connectivity index (χ2n) is 6.53. The first-order valence-electron chi connectivity index (χ1n) is 9.58. The average Bonchev–Trinajstić information content (AvgIpc) is 2.65. The maximum atomic E-state index is 12.2. The molecule has 7 nitrogen and oxygen atoms in total. The molecule has 1 atom stereocenters. The van der Waals surface area contributed by atoms with Crippen molar-refractivity contribution in [1.82, 2.24) is 9.55 Å². The van der Waals surface area contributed by atoms with Crippen molar-refractivity contribution >= 4 is 5.97 Å². The number of carboxylic acid groups (broad SMARTS) is 1. The Labute approximate surface area is 164 Å². The minimum Gasteiger partial charge on any atom is -0.492 e. The van der Waals surface area contributed by atoms with Crippen LogP contribution in [0.4, 0.5) is 0 Å². The summed E-state index contributed by atoms with van der Waals surface area (Å²) in [6.45, 7) is 6.77. The van der Waals surface area contributed by atoms with Crippen LogP contribution in [0.3, 0.4) is 0 Å². The molecule has 1 aromatic heterocycles. The molecular formula is C21H28N2O5. The molecule has 0 bridgehead atoms. The molecule has 2 rings (SSSR count). The average molecular weight is 388 g/mol. The molecule has 0 saturated carbocycles. The zero-order valence-corrected chi connectivity index (χ0v) is 16.7. The van der Waals surface area contributed by atoms with Gasteiger partial charge in [-0.1, -0.05) is 19.1 Å². The molecule has 2 aromatic rings. The second-order valence-corrected chi connectivity index (χ2v) is 6.53. The van der Waals surface area contributed by atoms with Crippen molar-refractivity contribution in [2.24, 2.45) is 0 Å². The van der Waals surface area contributed by atoms with Crippen LogP contribution < -0.4 is 10.3 Å². The van der Waals surface area contributed by atoms with Crippen molar-refractivity contribution in [1.29, 1.82) is 0 Å². The zero-order chi connectivity index (χ0) is 20.5. The Hall–Kier alpha value is -2.67. The highest BCUT2D eigenvalue weighted by Crippen LogP contribution is 2.15. The van der Waals surface area contributed by atoms with Crippen molar-refractivity contribution in [3.63, 3.8) is 0 Å². The van der Waals surface area contributed by atoms with Crippen LogP contribution in [0.25, 0.3) is 0 Å². The Kier molecular flexibility index (Phi) is 8.19. The number of hydrogen-bond donors (Lipinski definition) is 1. The number of carbonyl (C=O) groups is 1. The Balaban J connectivity index is 1.95. The van der Waals surface area contributed by atoms with Gasteiger partial charge < -0.3 is 14.6 Å². The quantitative estimate of drug-likeness (QED) is 0.636. The van der Waals surface area contributed by atoms with Crippen molar-refractivity contribution in [2.75, 3.05) is 13.2 Å². The molecule has 1 heterocycles. The first-order chi connectivity index (χ1) is 13.4. The van der Waals surface area contributed by atoms with E-state index in [0.29, 0.717) is 31.9 Å². The molecular weight excluding hydrogens is 360 g/mol. The van der Waals surface area contributed by atoms with E-state index in [2.05, 4.69) is 11.9 Å². The summed E-state index contributed by atoms with van der Waals surface area (Å²) in [6.07, 6.45) is 1.11. The lowest BCUT2D eigenvalue weighted by Crippen LogP contribution is -2.27. The van der Waals surface area contributed by atoms with E-state index in [1.54, 1.807) is 23.6 Å². The summed E-state index contributed by atoms with van der Waals surface area (Å²) < 4.78 is 12.6. The Morgan fingerprint density at radius 3 is 2.57 bits per heavy atom. The van der Waals surface area contributed by atoms with Crippen molar-refractivity contribution in [2.45, 2.75) is 52.7 Å². The van der Waals surface area contributed by atoms with Gasteiger partial charge in [-0.2, -0.15) is 0 Å². The first kappa shape index (κ1) is 21.6. The molecule has 0 aliphatic heterocycles. The number of rotatable bonds is 11. The minimum absolute atomic E-state index is 0.0643. The van der Waals surface area contributed by atoms with Crippen LogP contribution in [0.15, 0.2) is 35.1 Å². The summed E-state index contributed by atoms with van der Waals surface area (Å²) in [7, 11) is 0. The van der Waals surface area contributed by atoms with Crippen molar-refractivity contribution in [3.05, 3.63) is 57.8 Å². The summed E-state index contributed by atoms with van der Waals surface area (Å²) in [5.41, 5.74) is 1.52. The highest BCUT2D eigenvalue weighted by Gasteiger charge is 2.17. The molecule has 28 heavy (non-hydrogen) atoms. The molecule has 0 spiro atoms. The number of aliphatic carboxylic acids is 1. The molecule has 0 fully saturated rings. The molecule has 152 valence electrons. The lowest BCUT2D eigenvalue weighted by atomic mass is 10.1. The second kappa shape index (κ2) is 10.6. The topological polar surface area (TPSA) is 90.7 Å². The van der Waals surface area contributed by atoms with Crippen LogP contribution in [0.1, 0.15) is 37.4 Å². The predicted molar refractivity (Wildman–Crippen MR) is 106 cm³/mol. The van der Waals surface area contributed by atoms with Gasteiger partial charge in [0.1, 0.15) is 18.2 Å². The molecule has 1 aromatic carbocycles. The number of aryl methyl sites for hydroxylation is 2. The van der Waals surface area contributed by atoms with Crippen LogP contribution in [-0.4, -0.2) is 39.9 Å². The normalized spacial score (nSPS) is 12.0. The van der Waals surface area contributed by atoms with E-state index >= 15 is 0 Å². The largest absolute Gasteiger partial charge is 0.492 e. The third-order valence-electron chi connectivity index (χ3n) is 4.26. The lowest BCUT2D eigenvalue weighted by Gasteiger charge is -2.14. The molecule has 0 aliphatic carbocycles. The monoisotopic (exact) mass is 388 g/mol. The number of carboxylic acids is 1. The summed E-state index contributed by atoms with van der Waals surface area (Å²) >= 11 is 0. The first-order valence-corrected chi connectivity index (χ1v) is 9.58. The molecule has 1 unspecified atom stereocenters. The molecule has 0 radical (unpaired) electrons. The van der Waals surface area contributed by atoms with Crippen LogP contribution >= 0.6 is 0 Å². The van der Waals surface area contributed by atoms with Gasteiger partial charge in [-0.15, -0.1) is 0 Å². The molecule has 7 heteroatoms. The van der Waals surface area contributed by atoms with Gasteiger partial charge in [-0.25, -0.2) is 9.78 Å². The van der Waals surface area contributed by atoms with E-state index < -0.39 is 12.1 Å². The Bertz CT molecular complexity index is 830. The lowest BCUT2D eigenvalue weighted by molar-refractivity contribution is -0.149. The minimum atomic E-state index is -0.970. The number of benzene rings is 1. The van der Waals surface area contributed by atoms with Gasteiger partial charge in [0.2, 0.25) is 0 Å². The fourth-order valence-electron chi connectivity index (χ4n) is 2.94. The van der Waals surface area contributed by atoms with Gasteiger partial charge in [-0.05, 0) is 38.0 Å². The van der Waals surface area contributed by atoms with Gasteiger partial charge in [0.25, 0.3) is 5.56 Å². The maximum Gasteiger partial charge on any atom is 0.333 e. The maximum absolute atomic E-state index is 12.2. The van der Waals surface area contributed by atoms with Gasteiger partial charge in [0.05, 0.1) is 6.54 Å². The highest BCUT2D eigenvalue weighted by atomic mass is 16.5. The van der Waals surface area contributed by atoms with Gasteiger partial charge >= 0.3 is 5.97 Å². The van der Waals surface area contributed by atoms with Gasteiger partial charge in [0, 0.05) is 31.2 Å². The number of hydrogen-bond acceptors (Lipinski definition) is 5. The van der Waals surface area contributed by atoms with Crippen LogP contribution in [-0.2, 0) is 28.9 Å². The van der Waals surface area contributed by atoms with Crippen LogP contribution in [0.5, 0.6) is 5.75 Å². The molecule has 0 saturated heterocycles. The molecule has 0 amide bonds. The standard InChI is InChI=1S/C21H28N2O5/c1-4-6-19-22-15(3)13-20(24)23(19)11-12-28-17-9-7-16(8-10-17)14-18(21(25)26)27-5-2/h7-10,13,18H,4-6,11-12,14H2,1-3H3,(H,25,26). The van der Waals surface area contributed by atoms with Crippen LogP contribution in [0, 0.1) is 6.92 Å². The van der Waals surface area contributed by atoms with Crippen molar-refractivity contribution < 1.29 is 19.4 Å².